The number of rotatable bonds is 6. The van der Waals surface area contributed by atoms with Crippen LogP contribution < -0.4 is 5.32 Å². The molecule has 0 radical (unpaired) electrons. The molecule has 0 heterocycles. The maximum absolute atomic E-state index is 12.5. The van der Waals surface area contributed by atoms with Crippen LogP contribution in [0.3, 0.4) is 0 Å². The molecule has 0 aromatic heterocycles. The molecule has 0 fully saturated rings. The number of aryl methyl sites for hydroxylation is 2. The Morgan fingerprint density at radius 3 is 2.40 bits per heavy atom. The predicted molar refractivity (Wildman–Crippen MR) is 73.8 cm³/mol. The number of benzene rings is 1. The zero-order valence-electron chi connectivity index (χ0n) is 12.3. The average Bonchev–Trinajstić information content (AvgIpc) is 2.33. The van der Waals surface area contributed by atoms with Crippen LogP contribution in [0.15, 0.2) is 18.2 Å². The average molecular weight is 289 g/mol. The monoisotopic (exact) mass is 289 g/mol. The lowest BCUT2D eigenvalue weighted by atomic mass is 9.99. The summed E-state index contributed by atoms with van der Waals surface area (Å²) >= 11 is 0. The summed E-state index contributed by atoms with van der Waals surface area (Å²) in [5.41, 5.74) is 3.16. The van der Waals surface area contributed by atoms with Gasteiger partial charge in [-0.25, -0.2) is 0 Å². The van der Waals surface area contributed by atoms with Crippen molar-refractivity contribution in [3.8, 4) is 0 Å². The van der Waals surface area contributed by atoms with E-state index in [0.29, 0.717) is 6.54 Å². The Morgan fingerprint density at radius 2 is 1.90 bits per heavy atom. The summed E-state index contributed by atoms with van der Waals surface area (Å²) in [6.07, 6.45) is -6.08. The van der Waals surface area contributed by atoms with Gasteiger partial charge in [0.2, 0.25) is 0 Å². The first-order valence-electron chi connectivity index (χ1n) is 6.74. The number of alkyl halides is 3. The summed E-state index contributed by atoms with van der Waals surface area (Å²) in [7, 11) is 0. The van der Waals surface area contributed by atoms with Crippen molar-refractivity contribution in [2.24, 2.45) is 0 Å². The molecule has 2 unspecified atom stereocenters. The summed E-state index contributed by atoms with van der Waals surface area (Å²) in [4.78, 5) is 0. The Kier molecular flexibility index (Phi) is 6.02. The van der Waals surface area contributed by atoms with Crippen molar-refractivity contribution in [1.82, 2.24) is 5.32 Å². The SMILES string of the molecule is CCNC(COC(C)C(F)(F)F)c1ccc(C)cc1C. The normalized spacial score (nSPS) is 15.2. The van der Waals surface area contributed by atoms with E-state index in [4.69, 9.17) is 4.74 Å². The molecular formula is C15H22F3NO. The first kappa shape index (κ1) is 17.0. The van der Waals surface area contributed by atoms with Gasteiger partial charge in [0, 0.05) is 0 Å². The first-order chi connectivity index (χ1) is 9.25. The second-order valence-corrected chi connectivity index (χ2v) is 4.99. The Labute approximate surface area is 118 Å². The fraction of sp³-hybridized carbons (Fsp3) is 0.600. The summed E-state index contributed by atoms with van der Waals surface area (Å²) in [6, 6.07) is 5.69. The number of hydrogen-bond donors (Lipinski definition) is 1. The zero-order chi connectivity index (χ0) is 15.3. The molecule has 1 N–H and O–H groups in total. The van der Waals surface area contributed by atoms with E-state index in [9.17, 15) is 13.2 Å². The van der Waals surface area contributed by atoms with Gasteiger partial charge in [-0.05, 0) is 38.4 Å². The number of ether oxygens (including phenoxy) is 1. The van der Waals surface area contributed by atoms with Gasteiger partial charge in [-0.1, -0.05) is 30.7 Å². The summed E-state index contributed by atoms with van der Waals surface area (Å²) in [5, 5.41) is 3.17. The third-order valence-corrected chi connectivity index (χ3v) is 3.23. The lowest BCUT2D eigenvalue weighted by molar-refractivity contribution is -0.215. The second-order valence-electron chi connectivity index (χ2n) is 4.99. The van der Waals surface area contributed by atoms with Crippen LogP contribution in [0.2, 0.25) is 0 Å². The van der Waals surface area contributed by atoms with Gasteiger partial charge in [0.25, 0.3) is 0 Å². The van der Waals surface area contributed by atoms with Crippen LogP contribution in [-0.2, 0) is 4.74 Å². The molecule has 0 saturated heterocycles. The van der Waals surface area contributed by atoms with Crippen molar-refractivity contribution in [3.05, 3.63) is 34.9 Å². The number of likely N-dealkylation sites (N-methyl/N-ethyl adjacent to an activating group) is 1. The number of hydrogen-bond acceptors (Lipinski definition) is 2. The molecule has 20 heavy (non-hydrogen) atoms. The molecule has 2 nitrogen and oxygen atoms in total. The third kappa shape index (κ3) is 4.80. The van der Waals surface area contributed by atoms with E-state index in [2.05, 4.69) is 5.32 Å². The fourth-order valence-corrected chi connectivity index (χ4v) is 2.06. The minimum Gasteiger partial charge on any atom is -0.367 e. The van der Waals surface area contributed by atoms with E-state index in [-0.39, 0.29) is 12.6 Å². The minimum atomic E-state index is -4.32. The molecule has 1 aromatic rings. The zero-order valence-corrected chi connectivity index (χ0v) is 12.3. The standard InChI is InChI=1S/C15H22F3NO/c1-5-19-14(9-20-12(4)15(16,17)18)13-7-6-10(2)8-11(13)3/h6-8,12,14,19H,5,9H2,1-4H3. The summed E-state index contributed by atoms with van der Waals surface area (Å²) < 4.78 is 42.4. The molecule has 0 spiro atoms. The van der Waals surface area contributed by atoms with E-state index in [1.54, 1.807) is 0 Å². The number of halogens is 3. The highest BCUT2D eigenvalue weighted by Gasteiger charge is 2.37. The lowest BCUT2D eigenvalue weighted by Gasteiger charge is -2.24. The van der Waals surface area contributed by atoms with Crippen LogP contribution in [0.25, 0.3) is 0 Å². The van der Waals surface area contributed by atoms with Crippen LogP contribution in [0.4, 0.5) is 13.2 Å². The second kappa shape index (κ2) is 7.09. The van der Waals surface area contributed by atoms with E-state index < -0.39 is 12.3 Å². The van der Waals surface area contributed by atoms with Gasteiger partial charge < -0.3 is 10.1 Å². The maximum atomic E-state index is 12.5. The largest absolute Gasteiger partial charge is 0.414 e. The Hall–Kier alpha value is -1.07. The Morgan fingerprint density at radius 1 is 1.25 bits per heavy atom. The molecular weight excluding hydrogens is 267 g/mol. The van der Waals surface area contributed by atoms with Crippen LogP contribution in [0.1, 0.15) is 36.6 Å². The van der Waals surface area contributed by atoms with Crippen molar-refractivity contribution in [2.75, 3.05) is 13.2 Å². The van der Waals surface area contributed by atoms with Gasteiger partial charge in [-0.3, -0.25) is 0 Å². The van der Waals surface area contributed by atoms with Gasteiger partial charge in [-0.2, -0.15) is 13.2 Å². The molecule has 0 saturated carbocycles. The molecule has 0 aliphatic carbocycles. The van der Waals surface area contributed by atoms with Gasteiger partial charge in [0.05, 0.1) is 12.6 Å². The summed E-state index contributed by atoms with van der Waals surface area (Å²) in [6.45, 7) is 7.57. The molecule has 5 heteroatoms. The van der Waals surface area contributed by atoms with Crippen LogP contribution >= 0.6 is 0 Å². The highest BCUT2D eigenvalue weighted by Crippen LogP contribution is 2.25. The van der Waals surface area contributed by atoms with Crippen LogP contribution in [0, 0.1) is 13.8 Å². The van der Waals surface area contributed by atoms with Crippen molar-refractivity contribution >= 4 is 0 Å². The topological polar surface area (TPSA) is 21.3 Å². The predicted octanol–water partition coefficient (Wildman–Crippen LogP) is 3.92. The van der Waals surface area contributed by atoms with Crippen molar-refractivity contribution in [1.29, 1.82) is 0 Å². The van der Waals surface area contributed by atoms with E-state index in [0.717, 1.165) is 23.6 Å². The van der Waals surface area contributed by atoms with E-state index in [1.807, 2.05) is 39.0 Å². The van der Waals surface area contributed by atoms with E-state index >= 15 is 0 Å². The Balaban J connectivity index is 2.79. The maximum Gasteiger partial charge on any atom is 0.414 e. The van der Waals surface area contributed by atoms with Crippen LogP contribution in [0.5, 0.6) is 0 Å². The third-order valence-electron chi connectivity index (χ3n) is 3.23. The molecule has 0 aliphatic heterocycles. The fourth-order valence-electron chi connectivity index (χ4n) is 2.06. The molecule has 0 amide bonds. The van der Waals surface area contributed by atoms with Crippen molar-refractivity contribution < 1.29 is 17.9 Å². The van der Waals surface area contributed by atoms with Crippen LogP contribution in [-0.4, -0.2) is 25.4 Å². The quantitative estimate of drug-likeness (QED) is 0.857. The molecule has 1 aromatic carbocycles. The highest BCUT2D eigenvalue weighted by molar-refractivity contribution is 5.32. The molecule has 2 atom stereocenters. The first-order valence-corrected chi connectivity index (χ1v) is 6.74. The van der Waals surface area contributed by atoms with Gasteiger partial charge in [-0.15, -0.1) is 0 Å². The molecule has 0 bridgehead atoms. The highest BCUT2D eigenvalue weighted by atomic mass is 19.4. The lowest BCUT2D eigenvalue weighted by Crippen LogP contribution is -2.33. The van der Waals surface area contributed by atoms with Crippen molar-refractivity contribution in [2.45, 2.75) is 46.0 Å². The molecule has 0 aliphatic rings. The Bertz CT molecular complexity index is 432. The van der Waals surface area contributed by atoms with Gasteiger partial charge in [0.1, 0.15) is 0 Å². The minimum absolute atomic E-state index is 0.00157. The molecule has 114 valence electrons. The number of nitrogens with one attached hydrogen (secondary N) is 1. The summed E-state index contributed by atoms with van der Waals surface area (Å²) in [5.74, 6) is 0. The molecule has 1 rings (SSSR count). The van der Waals surface area contributed by atoms with E-state index in [1.165, 1.54) is 0 Å². The van der Waals surface area contributed by atoms with Gasteiger partial charge >= 0.3 is 6.18 Å². The van der Waals surface area contributed by atoms with Crippen molar-refractivity contribution in [3.63, 3.8) is 0 Å². The van der Waals surface area contributed by atoms with Gasteiger partial charge in [0.15, 0.2) is 6.10 Å². The smallest absolute Gasteiger partial charge is 0.367 e.